The second-order valence-electron chi connectivity index (χ2n) is 14.4. The molecule has 0 aromatic heterocycles. The highest BCUT2D eigenvalue weighted by Crippen LogP contribution is 2.64. The molecule has 0 aliphatic carbocycles. The first kappa shape index (κ1) is 36.1. The summed E-state index contributed by atoms with van der Waals surface area (Å²) < 4.78 is 35.7. The van der Waals surface area contributed by atoms with Gasteiger partial charge in [-0.2, -0.15) is 5.26 Å². The van der Waals surface area contributed by atoms with Crippen molar-refractivity contribution in [3.8, 4) is 46.3 Å². The second kappa shape index (κ2) is 13.5. The summed E-state index contributed by atoms with van der Waals surface area (Å²) in [6.45, 7) is 5.48. The highest BCUT2D eigenvalue weighted by atomic mass is 32.2. The zero-order chi connectivity index (χ0) is 38.2. The van der Waals surface area contributed by atoms with Gasteiger partial charge in [0.05, 0.1) is 43.2 Å². The Morgan fingerprint density at radius 3 is 2.56 bits per heavy atom. The number of phenolic OH excluding ortho intramolecular Hbond substituents is 2. The topological polar surface area (TPSA) is 172 Å². The van der Waals surface area contributed by atoms with E-state index in [0.29, 0.717) is 76.2 Å². The summed E-state index contributed by atoms with van der Waals surface area (Å²) >= 11 is 1.59. The maximum absolute atomic E-state index is 14.2. The molecule has 0 amide bonds. The number of thioether (sulfide) groups is 1. The predicted molar refractivity (Wildman–Crippen MR) is 196 cm³/mol. The fraction of sp³-hybridized carbons (Fsp3) is 0.462. The van der Waals surface area contributed by atoms with E-state index in [9.17, 15) is 25.1 Å². The van der Waals surface area contributed by atoms with Crippen molar-refractivity contribution >= 4 is 23.7 Å². The fourth-order valence-corrected chi connectivity index (χ4v) is 10.7. The average Bonchev–Trinajstić information content (AvgIpc) is 3.54. The minimum atomic E-state index is -1.20. The van der Waals surface area contributed by atoms with Crippen molar-refractivity contribution in [2.75, 3.05) is 53.6 Å². The molecule has 15 heteroatoms. The summed E-state index contributed by atoms with van der Waals surface area (Å²) in [6, 6.07) is 5.88. The van der Waals surface area contributed by atoms with E-state index in [1.807, 2.05) is 27.0 Å². The summed E-state index contributed by atoms with van der Waals surface area (Å²) in [4.78, 5) is 31.3. The Hall–Kier alpha value is -4.88. The van der Waals surface area contributed by atoms with Crippen LogP contribution in [0.3, 0.4) is 0 Å². The van der Waals surface area contributed by atoms with Crippen molar-refractivity contribution in [1.29, 1.82) is 5.26 Å². The predicted octanol–water partition coefficient (Wildman–Crippen LogP) is 4.35. The van der Waals surface area contributed by atoms with Crippen LogP contribution in [0.15, 0.2) is 18.2 Å². The zero-order valence-electron chi connectivity index (χ0n) is 30.9. The Kier molecular flexibility index (Phi) is 9.00. The van der Waals surface area contributed by atoms with E-state index in [-0.39, 0.29) is 42.6 Å². The summed E-state index contributed by atoms with van der Waals surface area (Å²) in [6.07, 6.45) is 0.661. The molecule has 3 N–H and O–H groups in total. The lowest BCUT2D eigenvalue weighted by Crippen LogP contribution is -2.69. The fourth-order valence-electron chi connectivity index (χ4n) is 9.39. The number of aromatic hydroxyl groups is 2. The molecule has 54 heavy (non-hydrogen) atoms. The summed E-state index contributed by atoms with van der Waals surface area (Å²) in [5, 5.41) is 37.1. The van der Waals surface area contributed by atoms with E-state index in [1.54, 1.807) is 11.8 Å². The number of rotatable bonds is 3. The van der Waals surface area contributed by atoms with Gasteiger partial charge in [0.15, 0.2) is 34.5 Å². The molecule has 14 nitrogen and oxygen atoms in total. The van der Waals surface area contributed by atoms with Gasteiger partial charge in [0.25, 0.3) is 0 Å². The largest absolute Gasteiger partial charge is 0.504 e. The smallest absolute Gasteiger partial charge is 0.338 e. The number of fused-ring (bicyclic) bond motifs is 8. The molecule has 4 bridgehead atoms. The number of methoxy groups -OCH3 is 2. The van der Waals surface area contributed by atoms with Crippen LogP contribution in [0, 0.1) is 25.2 Å². The molecule has 2 unspecified atom stereocenters. The first-order valence-corrected chi connectivity index (χ1v) is 18.8. The van der Waals surface area contributed by atoms with Crippen molar-refractivity contribution in [1.82, 2.24) is 15.1 Å². The molecule has 7 aliphatic rings. The number of nitrogens with zero attached hydrogens (tertiary/aromatic N) is 3. The van der Waals surface area contributed by atoms with Crippen molar-refractivity contribution in [3.05, 3.63) is 62.7 Å². The number of phenols is 2. The summed E-state index contributed by atoms with van der Waals surface area (Å²) in [5.74, 6) is 0.852. The minimum Gasteiger partial charge on any atom is -0.504 e. The van der Waals surface area contributed by atoms with Crippen molar-refractivity contribution in [2.24, 2.45) is 0 Å². The van der Waals surface area contributed by atoms with Gasteiger partial charge in [0.2, 0.25) is 6.79 Å². The number of hydrogen-bond acceptors (Lipinski definition) is 15. The lowest BCUT2D eigenvalue weighted by molar-refractivity contribution is -0.132. The molecule has 284 valence electrons. The van der Waals surface area contributed by atoms with E-state index in [4.69, 9.17) is 28.4 Å². The number of nitriles is 1. The highest BCUT2D eigenvalue weighted by Gasteiger charge is 2.63. The van der Waals surface area contributed by atoms with E-state index < -0.39 is 40.9 Å². The molecule has 3 aromatic carbocycles. The molecule has 7 aliphatic heterocycles. The number of ether oxygens (including phenoxy) is 6. The number of hydrogen-bond donors (Lipinski definition) is 3. The van der Waals surface area contributed by atoms with E-state index in [2.05, 4.69) is 21.2 Å². The van der Waals surface area contributed by atoms with Gasteiger partial charge in [0, 0.05) is 54.1 Å². The van der Waals surface area contributed by atoms with Gasteiger partial charge >= 0.3 is 11.9 Å². The first-order chi connectivity index (χ1) is 25.9. The molecule has 1 fully saturated rings. The number of carbonyl (C=O) groups is 2. The van der Waals surface area contributed by atoms with Crippen molar-refractivity contribution < 1.29 is 48.2 Å². The van der Waals surface area contributed by atoms with E-state index in [0.717, 1.165) is 11.1 Å². The molecule has 3 aromatic rings. The molecule has 0 radical (unpaired) electrons. The van der Waals surface area contributed by atoms with Gasteiger partial charge in [-0.1, -0.05) is 6.07 Å². The van der Waals surface area contributed by atoms with Crippen LogP contribution < -0.4 is 29.0 Å². The molecule has 6 atom stereocenters. The standard InChI is InChI=1S/C39H42N4O10S/c1-18-9-22-12-39(14-40)15-42(4)30(27(22)32(46)33(18)49-6)31-37-29-28(36-35(51-17-52-36)19(2)34(29)53-20(3)44)24(43(31)39)13-50-38(47)23-11-26(48-5)25(45)10-21(23)7-8-41-16-54-37/h9-11,24,30-31,37,41,45-46H,7-8,12-13,15-17H2,1-6H3/t24-,30-,31+,37+,39?/m0/s1. The van der Waals surface area contributed by atoms with Crippen LogP contribution in [0.5, 0.6) is 40.2 Å². The summed E-state index contributed by atoms with van der Waals surface area (Å²) in [7, 11) is 4.89. The number of benzene rings is 3. The van der Waals surface area contributed by atoms with Gasteiger partial charge in [-0.25, -0.2) is 4.79 Å². The highest BCUT2D eigenvalue weighted by molar-refractivity contribution is 7.99. The van der Waals surface area contributed by atoms with Gasteiger partial charge in [-0.3, -0.25) is 14.6 Å². The van der Waals surface area contributed by atoms with Gasteiger partial charge in [-0.15, -0.1) is 11.8 Å². The third-order valence-electron chi connectivity index (χ3n) is 11.4. The normalized spacial score (nSPS) is 26.9. The maximum atomic E-state index is 14.2. The molecular formula is C39H42N4O10S. The molecule has 10 rings (SSSR count). The van der Waals surface area contributed by atoms with E-state index in [1.165, 1.54) is 33.3 Å². The van der Waals surface area contributed by atoms with Crippen LogP contribution in [-0.2, 0) is 22.4 Å². The van der Waals surface area contributed by atoms with Crippen LogP contribution in [0.1, 0.15) is 73.6 Å². The Morgan fingerprint density at radius 2 is 1.83 bits per heavy atom. The minimum absolute atomic E-state index is 0.0147. The van der Waals surface area contributed by atoms with Gasteiger partial charge in [0.1, 0.15) is 17.9 Å². The number of esters is 2. The van der Waals surface area contributed by atoms with Crippen LogP contribution in [0.2, 0.25) is 0 Å². The number of aryl methyl sites for hydroxylation is 1. The van der Waals surface area contributed by atoms with Crippen molar-refractivity contribution in [3.63, 3.8) is 0 Å². The Labute approximate surface area is 316 Å². The van der Waals surface area contributed by atoms with Crippen molar-refractivity contribution in [2.45, 2.75) is 62.5 Å². The Balaban J connectivity index is 1.42. The maximum Gasteiger partial charge on any atom is 0.338 e. The third kappa shape index (κ3) is 5.33. The van der Waals surface area contributed by atoms with E-state index >= 15 is 0 Å². The molecule has 0 spiro atoms. The third-order valence-corrected chi connectivity index (χ3v) is 12.6. The zero-order valence-corrected chi connectivity index (χ0v) is 31.7. The Morgan fingerprint density at radius 1 is 1.06 bits per heavy atom. The number of carbonyl (C=O) groups excluding carboxylic acids is 2. The van der Waals surface area contributed by atoms with Gasteiger partial charge < -0.3 is 44.0 Å². The number of nitrogens with one attached hydrogen (secondary N) is 1. The van der Waals surface area contributed by atoms with Crippen LogP contribution in [0.4, 0.5) is 0 Å². The lowest BCUT2D eigenvalue weighted by atomic mass is 9.76. The molecule has 1 saturated heterocycles. The molecular weight excluding hydrogens is 717 g/mol. The molecule has 7 heterocycles. The summed E-state index contributed by atoms with van der Waals surface area (Å²) in [5.41, 5.74) is 3.72. The first-order valence-electron chi connectivity index (χ1n) is 17.8. The molecule has 0 saturated carbocycles. The second-order valence-corrected chi connectivity index (χ2v) is 15.6. The number of likely N-dealkylation sites (N-methyl/N-ethyl adjacent to an activating group) is 1. The monoisotopic (exact) mass is 758 g/mol. The van der Waals surface area contributed by atoms with Crippen LogP contribution in [-0.4, -0.2) is 97.2 Å². The van der Waals surface area contributed by atoms with Crippen LogP contribution >= 0.6 is 11.8 Å². The SMILES string of the molecule is COc1cc2c(cc1O)CCNCS[C@@H]1c3c(OC(C)=O)c(C)c4c(c3[C@H](COC2=O)N2[C@@H]1[C@@H]1c3c(cc(C)c(OC)c3O)CC2(C#N)CN1C)OCO4. The average molecular weight is 759 g/mol. The lowest BCUT2D eigenvalue weighted by Gasteiger charge is -2.59. The van der Waals surface area contributed by atoms with Crippen LogP contribution in [0.25, 0.3) is 0 Å². The number of piperazine rings is 1. The quantitative estimate of drug-likeness (QED) is 0.254. The Bertz CT molecular complexity index is 2140. The van der Waals surface area contributed by atoms with Gasteiger partial charge in [-0.05, 0) is 62.7 Å².